The van der Waals surface area contributed by atoms with Crippen molar-refractivity contribution in [3.63, 3.8) is 0 Å². The molecule has 0 fully saturated rings. The second-order valence-electron chi connectivity index (χ2n) is 3.16. The van der Waals surface area contributed by atoms with Crippen LogP contribution in [0, 0.1) is 18.3 Å². The minimum Gasteiger partial charge on any atom is -0.192 e. The molecule has 1 unspecified atom stereocenters. The molecule has 0 bridgehead atoms. The molecular formula is C12H13N. The standard InChI is InChI=1S/C12H13N/c1-4-9(2)12-7-5-6-11(8-13)10(12)3/h4-7,9H,1H2,2-3H3. The van der Waals surface area contributed by atoms with Gasteiger partial charge in [0.05, 0.1) is 11.6 Å². The first-order valence-electron chi connectivity index (χ1n) is 4.33. The zero-order valence-corrected chi connectivity index (χ0v) is 8.04. The van der Waals surface area contributed by atoms with Gasteiger partial charge < -0.3 is 0 Å². The van der Waals surface area contributed by atoms with E-state index in [-0.39, 0.29) is 0 Å². The van der Waals surface area contributed by atoms with Gasteiger partial charge in [0.25, 0.3) is 0 Å². The Labute approximate surface area is 79.3 Å². The molecular weight excluding hydrogens is 158 g/mol. The first-order valence-corrected chi connectivity index (χ1v) is 4.33. The van der Waals surface area contributed by atoms with Gasteiger partial charge in [-0.15, -0.1) is 6.58 Å². The lowest BCUT2D eigenvalue weighted by molar-refractivity contribution is 0.954. The Balaban J connectivity index is 3.25. The number of hydrogen-bond acceptors (Lipinski definition) is 1. The molecule has 0 saturated heterocycles. The van der Waals surface area contributed by atoms with Crippen LogP contribution in [0.25, 0.3) is 0 Å². The lowest BCUT2D eigenvalue weighted by atomic mass is 9.94. The monoisotopic (exact) mass is 171 g/mol. The average molecular weight is 171 g/mol. The second kappa shape index (κ2) is 3.91. The van der Waals surface area contributed by atoms with Gasteiger partial charge in [-0.3, -0.25) is 0 Å². The van der Waals surface area contributed by atoms with Crippen molar-refractivity contribution in [1.82, 2.24) is 0 Å². The van der Waals surface area contributed by atoms with Crippen molar-refractivity contribution < 1.29 is 0 Å². The van der Waals surface area contributed by atoms with Gasteiger partial charge in [-0.05, 0) is 30.0 Å². The highest BCUT2D eigenvalue weighted by atomic mass is 14.2. The van der Waals surface area contributed by atoms with Crippen molar-refractivity contribution in [1.29, 1.82) is 5.26 Å². The highest BCUT2D eigenvalue weighted by molar-refractivity contribution is 5.44. The van der Waals surface area contributed by atoms with Crippen LogP contribution in [0.2, 0.25) is 0 Å². The van der Waals surface area contributed by atoms with E-state index < -0.39 is 0 Å². The molecule has 1 rings (SSSR count). The third-order valence-electron chi connectivity index (χ3n) is 2.34. The summed E-state index contributed by atoms with van der Waals surface area (Å²) in [7, 11) is 0. The molecule has 0 spiro atoms. The molecule has 0 amide bonds. The highest BCUT2D eigenvalue weighted by Gasteiger charge is 2.06. The van der Waals surface area contributed by atoms with E-state index in [1.807, 2.05) is 31.2 Å². The summed E-state index contributed by atoms with van der Waals surface area (Å²) in [6, 6.07) is 7.98. The fourth-order valence-corrected chi connectivity index (χ4v) is 1.39. The first-order chi connectivity index (χ1) is 6.20. The quantitative estimate of drug-likeness (QED) is 0.627. The van der Waals surface area contributed by atoms with Crippen LogP contribution < -0.4 is 0 Å². The van der Waals surface area contributed by atoms with E-state index >= 15 is 0 Å². The lowest BCUT2D eigenvalue weighted by Gasteiger charge is -2.10. The number of benzene rings is 1. The zero-order chi connectivity index (χ0) is 9.84. The van der Waals surface area contributed by atoms with Crippen molar-refractivity contribution in [3.8, 4) is 6.07 Å². The predicted molar refractivity (Wildman–Crippen MR) is 54.5 cm³/mol. The van der Waals surface area contributed by atoms with E-state index in [1.54, 1.807) is 0 Å². The summed E-state index contributed by atoms with van der Waals surface area (Å²) < 4.78 is 0. The summed E-state index contributed by atoms with van der Waals surface area (Å²) in [6.45, 7) is 7.81. The van der Waals surface area contributed by atoms with Crippen molar-refractivity contribution in [3.05, 3.63) is 47.5 Å². The average Bonchev–Trinajstić information content (AvgIpc) is 2.17. The molecule has 1 atom stereocenters. The maximum absolute atomic E-state index is 8.82. The van der Waals surface area contributed by atoms with Gasteiger partial charge in [-0.25, -0.2) is 0 Å². The van der Waals surface area contributed by atoms with Gasteiger partial charge in [-0.1, -0.05) is 25.1 Å². The summed E-state index contributed by atoms with van der Waals surface area (Å²) >= 11 is 0. The van der Waals surface area contributed by atoms with E-state index in [9.17, 15) is 0 Å². The van der Waals surface area contributed by atoms with Crippen LogP contribution in [0.5, 0.6) is 0 Å². The summed E-state index contributed by atoms with van der Waals surface area (Å²) in [5.41, 5.74) is 3.01. The van der Waals surface area contributed by atoms with Crippen molar-refractivity contribution in [2.24, 2.45) is 0 Å². The van der Waals surface area contributed by atoms with Crippen LogP contribution in [0.15, 0.2) is 30.9 Å². The van der Waals surface area contributed by atoms with Crippen LogP contribution >= 0.6 is 0 Å². The number of nitrogens with zero attached hydrogens (tertiary/aromatic N) is 1. The number of allylic oxidation sites excluding steroid dienone is 1. The largest absolute Gasteiger partial charge is 0.192 e. The summed E-state index contributed by atoms with van der Waals surface area (Å²) in [5.74, 6) is 0.313. The van der Waals surface area contributed by atoms with Gasteiger partial charge in [0.1, 0.15) is 0 Å². The van der Waals surface area contributed by atoms with Gasteiger partial charge in [-0.2, -0.15) is 5.26 Å². The third kappa shape index (κ3) is 1.78. The van der Waals surface area contributed by atoms with Crippen LogP contribution in [-0.2, 0) is 0 Å². The van der Waals surface area contributed by atoms with E-state index in [1.165, 1.54) is 5.56 Å². The van der Waals surface area contributed by atoms with Crippen LogP contribution in [0.1, 0.15) is 29.5 Å². The Morgan fingerprint density at radius 3 is 2.77 bits per heavy atom. The molecule has 66 valence electrons. The molecule has 0 aliphatic rings. The molecule has 0 N–H and O–H groups in total. The molecule has 0 aromatic heterocycles. The first kappa shape index (κ1) is 9.54. The summed E-state index contributed by atoms with van der Waals surface area (Å²) in [6.07, 6.45) is 1.89. The molecule has 1 aromatic rings. The Bertz CT molecular complexity index is 358. The minimum atomic E-state index is 0.313. The number of hydrogen-bond donors (Lipinski definition) is 0. The van der Waals surface area contributed by atoms with Crippen molar-refractivity contribution in [2.45, 2.75) is 19.8 Å². The fraction of sp³-hybridized carbons (Fsp3) is 0.250. The molecule has 1 aromatic carbocycles. The SMILES string of the molecule is C=CC(C)c1cccc(C#N)c1C. The Morgan fingerprint density at radius 2 is 2.23 bits per heavy atom. The molecule has 0 heterocycles. The predicted octanol–water partition coefficient (Wildman–Crippen LogP) is 3.16. The molecule has 0 saturated carbocycles. The summed E-state index contributed by atoms with van der Waals surface area (Å²) in [5, 5.41) is 8.82. The molecule has 1 heteroatoms. The van der Waals surface area contributed by atoms with Gasteiger partial charge in [0.2, 0.25) is 0 Å². The van der Waals surface area contributed by atoms with E-state index in [0.29, 0.717) is 5.92 Å². The molecule has 0 aliphatic heterocycles. The topological polar surface area (TPSA) is 23.8 Å². The third-order valence-corrected chi connectivity index (χ3v) is 2.34. The molecule has 0 radical (unpaired) electrons. The number of nitriles is 1. The van der Waals surface area contributed by atoms with Gasteiger partial charge in [0.15, 0.2) is 0 Å². The van der Waals surface area contributed by atoms with Crippen molar-refractivity contribution in [2.75, 3.05) is 0 Å². The maximum Gasteiger partial charge on any atom is 0.0994 e. The summed E-state index contributed by atoms with van der Waals surface area (Å²) in [4.78, 5) is 0. The Morgan fingerprint density at radius 1 is 1.54 bits per heavy atom. The minimum absolute atomic E-state index is 0.313. The van der Waals surface area contributed by atoms with Gasteiger partial charge in [0, 0.05) is 0 Å². The Kier molecular flexibility index (Phi) is 2.87. The number of rotatable bonds is 2. The van der Waals surface area contributed by atoms with E-state index in [0.717, 1.165) is 11.1 Å². The lowest BCUT2D eigenvalue weighted by Crippen LogP contribution is -1.95. The highest BCUT2D eigenvalue weighted by Crippen LogP contribution is 2.22. The van der Waals surface area contributed by atoms with Crippen molar-refractivity contribution >= 4 is 0 Å². The molecule has 0 aliphatic carbocycles. The smallest absolute Gasteiger partial charge is 0.0994 e. The second-order valence-corrected chi connectivity index (χ2v) is 3.16. The van der Waals surface area contributed by atoms with Crippen LogP contribution in [0.3, 0.4) is 0 Å². The fourth-order valence-electron chi connectivity index (χ4n) is 1.39. The van der Waals surface area contributed by atoms with E-state index in [2.05, 4.69) is 19.6 Å². The Hall–Kier alpha value is -1.55. The maximum atomic E-state index is 8.82. The van der Waals surface area contributed by atoms with E-state index in [4.69, 9.17) is 5.26 Å². The van der Waals surface area contributed by atoms with Crippen LogP contribution in [-0.4, -0.2) is 0 Å². The van der Waals surface area contributed by atoms with Crippen LogP contribution in [0.4, 0.5) is 0 Å². The molecule has 1 nitrogen and oxygen atoms in total. The molecule has 13 heavy (non-hydrogen) atoms. The normalized spacial score (nSPS) is 11.8. The van der Waals surface area contributed by atoms with Gasteiger partial charge >= 0.3 is 0 Å². The zero-order valence-electron chi connectivity index (χ0n) is 8.04.